The van der Waals surface area contributed by atoms with Crippen molar-refractivity contribution >= 4 is 22.5 Å². The van der Waals surface area contributed by atoms with Gasteiger partial charge in [-0.15, -0.1) is 0 Å². The molecule has 7 heteroatoms. The van der Waals surface area contributed by atoms with E-state index in [0.29, 0.717) is 6.42 Å². The number of benzene rings is 1. The molecule has 2 N–H and O–H groups in total. The summed E-state index contributed by atoms with van der Waals surface area (Å²) >= 11 is 0. The van der Waals surface area contributed by atoms with Crippen LogP contribution in [0.1, 0.15) is 33.1 Å². The molecule has 1 aliphatic rings. The largest absolute Gasteiger partial charge is 0.367 e. The van der Waals surface area contributed by atoms with E-state index < -0.39 is 0 Å². The van der Waals surface area contributed by atoms with Crippen LogP contribution in [0.2, 0.25) is 0 Å². The zero-order valence-electron chi connectivity index (χ0n) is 18.5. The minimum Gasteiger partial charge on any atom is -0.367 e. The third-order valence-electron chi connectivity index (χ3n) is 6.29. The minimum absolute atomic E-state index is 0.254. The van der Waals surface area contributed by atoms with E-state index in [4.69, 9.17) is 0 Å². The van der Waals surface area contributed by atoms with Crippen molar-refractivity contribution in [3.63, 3.8) is 0 Å². The van der Waals surface area contributed by atoms with Crippen LogP contribution in [0, 0.1) is 0 Å². The number of hydrogen-bond donors (Lipinski definition) is 2. The van der Waals surface area contributed by atoms with E-state index in [-0.39, 0.29) is 11.9 Å². The molecule has 1 amide bonds. The summed E-state index contributed by atoms with van der Waals surface area (Å²) in [4.78, 5) is 21.6. The molecule has 4 rings (SSSR count). The Morgan fingerprint density at radius 1 is 1.13 bits per heavy atom. The first kappa shape index (κ1) is 21.3. The van der Waals surface area contributed by atoms with Gasteiger partial charge >= 0.3 is 0 Å². The van der Waals surface area contributed by atoms with E-state index in [1.165, 1.54) is 0 Å². The summed E-state index contributed by atoms with van der Waals surface area (Å²) in [6.45, 7) is 8.96. The van der Waals surface area contributed by atoms with Gasteiger partial charge in [-0.25, -0.2) is 4.98 Å². The second kappa shape index (κ2) is 9.92. The first-order valence-corrected chi connectivity index (χ1v) is 11.3. The molecule has 0 bridgehead atoms. The third kappa shape index (κ3) is 5.22. The maximum atomic E-state index is 12.6. The Bertz CT molecular complexity index is 998. The molecule has 0 radical (unpaired) electrons. The quantitative estimate of drug-likeness (QED) is 0.580. The molecule has 1 fully saturated rings. The Morgan fingerprint density at radius 2 is 2.00 bits per heavy atom. The van der Waals surface area contributed by atoms with E-state index >= 15 is 0 Å². The van der Waals surface area contributed by atoms with Gasteiger partial charge in [-0.05, 0) is 49.0 Å². The standard InChI is InChI=1S/C24H32N6O/c1-3-29(4-2)11-12-30-10-9-22(7-8-24(30)31)28-23-14-20-13-18(21-16-26-27-17-21)5-6-19(20)15-25-23/h5-6,13-17,22H,3-4,7-12H2,1-2H3,(H,25,28)(H,26,27). The number of rotatable bonds is 8. The number of anilines is 1. The number of aromatic amines is 1. The summed E-state index contributed by atoms with van der Waals surface area (Å²) in [5, 5.41) is 12.7. The van der Waals surface area contributed by atoms with Gasteiger partial charge in [-0.1, -0.05) is 26.0 Å². The fourth-order valence-electron chi connectivity index (χ4n) is 4.24. The number of aromatic nitrogens is 3. The van der Waals surface area contributed by atoms with Crippen LogP contribution in [0.4, 0.5) is 5.82 Å². The highest BCUT2D eigenvalue weighted by atomic mass is 16.2. The zero-order chi connectivity index (χ0) is 21.6. The Labute approximate surface area is 183 Å². The van der Waals surface area contributed by atoms with Crippen molar-refractivity contribution in [3.8, 4) is 11.1 Å². The molecule has 164 valence electrons. The van der Waals surface area contributed by atoms with Gasteiger partial charge in [0.1, 0.15) is 5.82 Å². The lowest BCUT2D eigenvalue weighted by atomic mass is 10.0. The van der Waals surface area contributed by atoms with Crippen LogP contribution in [-0.2, 0) is 4.79 Å². The lowest BCUT2D eigenvalue weighted by Crippen LogP contribution is -2.38. The van der Waals surface area contributed by atoms with Gasteiger partial charge in [-0.3, -0.25) is 9.89 Å². The van der Waals surface area contributed by atoms with Gasteiger partial charge < -0.3 is 15.1 Å². The maximum Gasteiger partial charge on any atom is 0.222 e. The first-order valence-electron chi connectivity index (χ1n) is 11.3. The normalized spacial score (nSPS) is 17.3. The fraction of sp³-hybridized carbons (Fsp3) is 0.458. The molecule has 3 aromatic rings. The molecule has 1 unspecified atom stereocenters. The molecule has 0 aliphatic carbocycles. The molecule has 0 saturated carbocycles. The molecule has 1 saturated heterocycles. The lowest BCUT2D eigenvalue weighted by molar-refractivity contribution is -0.130. The van der Waals surface area contributed by atoms with E-state index in [1.807, 2.05) is 23.5 Å². The molecule has 1 aliphatic heterocycles. The van der Waals surface area contributed by atoms with Crippen molar-refractivity contribution in [2.24, 2.45) is 0 Å². The topological polar surface area (TPSA) is 77.2 Å². The van der Waals surface area contributed by atoms with Gasteiger partial charge in [-0.2, -0.15) is 5.10 Å². The summed E-state index contributed by atoms with van der Waals surface area (Å²) in [6.07, 6.45) is 8.02. The lowest BCUT2D eigenvalue weighted by Gasteiger charge is -2.25. The van der Waals surface area contributed by atoms with Crippen molar-refractivity contribution in [2.45, 2.75) is 39.2 Å². The number of carbonyl (C=O) groups is 1. The Balaban J connectivity index is 1.41. The molecule has 2 aromatic heterocycles. The number of carbonyl (C=O) groups excluding carboxylic acids is 1. The van der Waals surface area contributed by atoms with Crippen molar-refractivity contribution in [1.29, 1.82) is 0 Å². The van der Waals surface area contributed by atoms with Gasteiger partial charge in [0.25, 0.3) is 0 Å². The predicted octanol–water partition coefficient (Wildman–Crippen LogP) is 3.76. The molecule has 31 heavy (non-hydrogen) atoms. The number of hydrogen-bond acceptors (Lipinski definition) is 5. The molecule has 3 heterocycles. The summed E-state index contributed by atoms with van der Waals surface area (Å²) in [7, 11) is 0. The van der Waals surface area contributed by atoms with Gasteiger partial charge in [0.2, 0.25) is 5.91 Å². The Kier molecular flexibility index (Phi) is 6.82. The number of amides is 1. The highest BCUT2D eigenvalue weighted by molar-refractivity contribution is 5.88. The van der Waals surface area contributed by atoms with Gasteiger partial charge in [0, 0.05) is 55.4 Å². The van der Waals surface area contributed by atoms with Gasteiger partial charge in [0.05, 0.1) is 6.20 Å². The molecule has 0 spiro atoms. The molecule has 7 nitrogen and oxygen atoms in total. The summed E-state index contributed by atoms with van der Waals surface area (Å²) in [5.41, 5.74) is 2.20. The summed E-state index contributed by atoms with van der Waals surface area (Å²) in [5.74, 6) is 1.14. The minimum atomic E-state index is 0.254. The second-order valence-electron chi connectivity index (χ2n) is 8.19. The van der Waals surface area contributed by atoms with E-state index in [1.54, 1.807) is 0 Å². The maximum absolute atomic E-state index is 12.6. The van der Waals surface area contributed by atoms with Crippen LogP contribution in [0.3, 0.4) is 0 Å². The molecular formula is C24H32N6O. The highest BCUT2D eigenvalue weighted by Gasteiger charge is 2.22. The molecular weight excluding hydrogens is 388 g/mol. The first-order chi connectivity index (χ1) is 15.2. The Hall–Kier alpha value is -2.93. The highest BCUT2D eigenvalue weighted by Crippen LogP contribution is 2.25. The second-order valence-corrected chi connectivity index (χ2v) is 8.19. The monoisotopic (exact) mass is 420 g/mol. The van der Waals surface area contributed by atoms with E-state index in [0.717, 1.165) is 73.3 Å². The number of likely N-dealkylation sites (N-methyl/N-ethyl adjacent to an activating group) is 1. The van der Waals surface area contributed by atoms with Gasteiger partial charge in [0.15, 0.2) is 0 Å². The smallest absolute Gasteiger partial charge is 0.222 e. The summed E-state index contributed by atoms with van der Waals surface area (Å²) < 4.78 is 0. The summed E-state index contributed by atoms with van der Waals surface area (Å²) in [6, 6.07) is 8.70. The van der Waals surface area contributed by atoms with Crippen LogP contribution in [0.5, 0.6) is 0 Å². The van der Waals surface area contributed by atoms with Crippen LogP contribution in [0.25, 0.3) is 21.9 Å². The SMILES string of the molecule is CCN(CC)CCN1CCC(Nc2cc3cc(-c4cn[nH]c4)ccc3cn2)CCC1=O. The van der Waals surface area contributed by atoms with Crippen LogP contribution in [0.15, 0.2) is 42.9 Å². The van der Waals surface area contributed by atoms with E-state index in [9.17, 15) is 4.79 Å². The third-order valence-corrected chi connectivity index (χ3v) is 6.29. The van der Waals surface area contributed by atoms with Crippen molar-refractivity contribution in [1.82, 2.24) is 25.0 Å². The number of pyridine rings is 1. The number of nitrogens with one attached hydrogen (secondary N) is 2. The van der Waals surface area contributed by atoms with Crippen molar-refractivity contribution in [2.75, 3.05) is 38.0 Å². The fourth-order valence-corrected chi connectivity index (χ4v) is 4.24. The predicted molar refractivity (Wildman–Crippen MR) is 125 cm³/mol. The number of nitrogens with zero attached hydrogens (tertiary/aromatic N) is 4. The average Bonchev–Trinajstić information content (AvgIpc) is 3.28. The number of fused-ring (bicyclic) bond motifs is 1. The van der Waals surface area contributed by atoms with Crippen molar-refractivity contribution < 1.29 is 4.79 Å². The zero-order valence-corrected chi connectivity index (χ0v) is 18.5. The number of likely N-dealkylation sites (tertiary alicyclic amines) is 1. The van der Waals surface area contributed by atoms with Crippen LogP contribution < -0.4 is 5.32 Å². The molecule has 1 aromatic carbocycles. The van der Waals surface area contributed by atoms with Crippen molar-refractivity contribution in [3.05, 3.63) is 42.9 Å². The van der Waals surface area contributed by atoms with Crippen LogP contribution in [-0.4, -0.2) is 69.7 Å². The number of H-pyrrole nitrogens is 1. The molecule has 1 atom stereocenters. The van der Waals surface area contributed by atoms with E-state index in [2.05, 4.69) is 63.5 Å². The Morgan fingerprint density at radius 3 is 2.77 bits per heavy atom. The average molecular weight is 421 g/mol. The van der Waals surface area contributed by atoms with Crippen LogP contribution >= 0.6 is 0 Å².